The van der Waals surface area contributed by atoms with Crippen molar-refractivity contribution < 1.29 is 9.90 Å². The summed E-state index contributed by atoms with van der Waals surface area (Å²) in [5.41, 5.74) is 0. The molecule has 0 aliphatic carbocycles. The molecule has 0 heterocycles. The van der Waals surface area contributed by atoms with Gasteiger partial charge in [0.25, 0.3) is 0 Å². The molecule has 0 aromatic heterocycles. The average Bonchev–Trinajstić information content (AvgIpc) is 1.36. The van der Waals surface area contributed by atoms with Crippen LogP contribution in [0.3, 0.4) is 0 Å². The van der Waals surface area contributed by atoms with Gasteiger partial charge in [-0.25, -0.2) is 0 Å². The van der Waals surface area contributed by atoms with E-state index in [9.17, 15) is 4.79 Å². The van der Waals surface area contributed by atoms with E-state index in [1.54, 1.807) is 13.8 Å². The van der Waals surface area contributed by atoms with Crippen molar-refractivity contribution in [2.75, 3.05) is 0 Å². The fourth-order valence-electron chi connectivity index (χ4n) is 0. The molecule has 42 valence electrons. The van der Waals surface area contributed by atoms with E-state index in [2.05, 4.69) is 0 Å². The van der Waals surface area contributed by atoms with Crippen LogP contribution in [0.15, 0.2) is 0 Å². The van der Waals surface area contributed by atoms with Crippen LogP contribution in [0.25, 0.3) is 0 Å². The molecular weight excluding hydrogens is 199 g/mol. The van der Waals surface area contributed by atoms with Gasteiger partial charge in [-0.3, -0.25) is 4.79 Å². The molecule has 0 aliphatic heterocycles. The molecule has 2 nitrogen and oxygen atoms in total. The number of carboxylic acids is 1. The van der Waals surface area contributed by atoms with E-state index in [1.807, 2.05) is 0 Å². The Bertz CT molecular complexity index is 60.7. The number of carbonyl (C=O) groups is 1. The van der Waals surface area contributed by atoms with E-state index < -0.39 is 5.97 Å². The molecule has 0 fully saturated rings. The Morgan fingerprint density at radius 3 is 1.71 bits per heavy atom. The van der Waals surface area contributed by atoms with Crippen molar-refractivity contribution in [3.63, 3.8) is 0 Å². The summed E-state index contributed by atoms with van der Waals surface area (Å²) in [5, 5.41) is 7.99. The number of rotatable bonds is 1. The number of hydrogen-bond acceptors (Lipinski definition) is 1. The first-order chi connectivity index (χ1) is 2.64. The summed E-state index contributed by atoms with van der Waals surface area (Å²) < 4.78 is 0. The summed E-state index contributed by atoms with van der Waals surface area (Å²) >= 11 is 0. The van der Waals surface area contributed by atoms with Gasteiger partial charge in [0.05, 0.1) is 5.92 Å². The minimum absolute atomic E-state index is 0. The van der Waals surface area contributed by atoms with Gasteiger partial charge in [-0.15, -0.1) is 0 Å². The SMILES string of the molecule is CC(C)C(=O)O.[SnH2]. The summed E-state index contributed by atoms with van der Waals surface area (Å²) in [7, 11) is 0. The molecule has 0 amide bonds. The van der Waals surface area contributed by atoms with Gasteiger partial charge < -0.3 is 5.11 Å². The van der Waals surface area contributed by atoms with Gasteiger partial charge in [0.1, 0.15) is 0 Å². The number of aliphatic carboxylic acids is 1. The van der Waals surface area contributed by atoms with Gasteiger partial charge in [-0.1, -0.05) is 13.8 Å². The Morgan fingerprint density at radius 1 is 1.57 bits per heavy atom. The van der Waals surface area contributed by atoms with Gasteiger partial charge in [-0.05, 0) is 0 Å². The van der Waals surface area contributed by atoms with Crippen LogP contribution in [-0.4, -0.2) is 35.0 Å². The van der Waals surface area contributed by atoms with Crippen molar-refractivity contribution in [2.24, 2.45) is 5.92 Å². The van der Waals surface area contributed by atoms with Crippen molar-refractivity contribution in [3.8, 4) is 0 Å². The normalized spacial score (nSPS) is 7.86. The standard InChI is InChI=1S/C4H8O2.Sn.2H/c1-3(2)4(5)6;;;/h3H,1-2H3,(H,5,6);;;. The zero-order valence-corrected chi connectivity index (χ0v) is 8.68. The van der Waals surface area contributed by atoms with Gasteiger partial charge in [0, 0.05) is 0 Å². The first kappa shape index (κ1) is 10.3. The third-order valence-electron chi connectivity index (χ3n) is 0.494. The molecule has 0 bridgehead atoms. The fourth-order valence-corrected chi connectivity index (χ4v) is 0. The van der Waals surface area contributed by atoms with E-state index in [-0.39, 0.29) is 29.8 Å². The molecular formula is C4H10O2Sn. The summed E-state index contributed by atoms with van der Waals surface area (Å²) in [6.07, 6.45) is 0. The Morgan fingerprint density at radius 2 is 1.71 bits per heavy atom. The van der Waals surface area contributed by atoms with Crippen LogP contribution in [0.5, 0.6) is 0 Å². The maximum atomic E-state index is 9.70. The molecule has 0 aromatic carbocycles. The topological polar surface area (TPSA) is 37.3 Å². The number of carboxylic acid groups (broad SMARTS) is 1. The first-order valence-electron chi connectivity index (χ1n) is 1.87. The molecule has 0 atom stereocenters. The molecule has 7 heavy (non-hydrogen) atoms. The van der Waals surface area contributed by atoms with Gasteiger partial charge in [-0.2, -0.15) is 0 Å². The molecule has 2 radical (unpaired) electrons. The Hall–Kier alpha value is 0.269. The molecule has 0 saturated carbocycles. The minimum atomic E-state index is -0.741. The van der Waals surface area contributed by atoms with Gasteiger partial charge in [0.15, 0.2) is 0 Å². The van der Waals surface area contributed by atoms with Crippen molar-refractivity contribution in [1.82, 2.24) is 0 Å². The third kappa shape index (κ3) is 6.27. The van der Waals surface area contributed by atoms with Crippen LogP contribution in [-0.2, 0) is 4.79 Å². The predicted molar refractivity (Wildman–Crippen MR) is 31.0 cm³/mol. The van der Waals surface area contributed by atoms with Crippen LogP contribution < -0.4 is 0 Å². The molecule has 0 aromatic rings. The second kappa shape index (κ2) is 4.43. The van der Waals surface area contributed by atoms with Crippen molar-refractivity contribution in [3.05, 3.63) is 0 Å². The summed E-state index contributed by atoms with van der Waals surface area (Å²) in [6, 6.07) is 0. The Labute approximate surface area is 59.9 Å². The molecule has 0 rings (SSSR count). The van der Waals surface area contributed by atoms with E-state index >= 15 is 0 Å². The van der Waals surface area contributed by atoms with Gasteiger partial charge in [0.2, 0.25) is 0 Å². The molecule has 0 saturated heterocycles. The van der Waals surface area contributed by atoms with Crippen LogP contribution in [0.4, 0.5) is 0 Å². The van der Waals surface area contributed by atoms with Crippen LogP contribution in [0, 0.1) is 5.92 Å². The van der Waals surface area contributed by atoms with Crippen molar-refractivity contribution >= 4 is 29.9 Å². The molecule has 0 spiro atoms. The molecule has 0 aliphatic rings. The second-order valence-electron chi connectivity index (χ2n) is 1.49. The summed E-state index contributed by atoms with van der Waals surface area (Å²) in [4.78, 5) is 9.70. The Kier molecular flexibility index (Phi) is 6.51. The second-order valence-corrected chi connectivity index (χ2v) is 1.49. The fraction of sp³-hybridized carbons (Fsp3) is 0.750. The third-order valence-corrected chi connectivity index (χ3v) is 0.494. The zero-order chi connectivity index (χ0) is 5.15. The van der Waals surface area contributed by atoms with E-state index in [1.165, 1.54) is 0 Å². The molecule has 3 heteroatoms. The Balaban J connectivity index is 0. The molecule has 0 unspecified atom stereocenters. The first-order valence-corrected chi connectivity index (χ1v) is 1.87. The van der Waals surface area contributed by atoms with E-state index in [0.717, 1.165) is 0 Å². The van der Waals surface area contributed by atoms with Crippen molar-refractivity contribution in [1.29, 1.82) is 0 Å². The number of hydrogen-bond donors (Lipinski definition) is 1. The summed E-state index contributed by atoms with van der Waals surface area (Å²) in [5.74, 6) is -0.972. The molecule has 1 N–H and O–H groups in total. The quantitative estimate of drug-likeness (QED) is 0.607. The van der Waals surface area contributed by atoms with Crippen LogP contribution >= 0.6 is 0 Å². The van der Waals surface area contributed by atoms with Gasteiger partial charge >= 0.3 is 29.9 Å². The monoisotopic (exact) mass is 210 g/mol. The average molecular weight is 209 g/mol. The van der Waals surface area contributed by atoms with Crippen molar-refractivity contribution in [2.45, 2.75) is 13.8 Å². The van der Waals surface area contributed by atoms with E-state index in [4.69, 9.17) is 5.11 Å². The van der Waals surface area contributed by atoms with Crippen LogP contribution in [0.1, 0.15) is 13.8 Å². The van der Waals surface area contributed by atoms with Crippen LogP contribution in [0.2, 0.25) is 0 Å². The predicted octanol–water partition coefficient (Wildman–Crippen LogP) is -0.189. The zero-order valence-electron chi connectivity index (χ0n) is 4.64. The summed E-state index contributed by atoms with van der Waals surface area (Å²) in [6.45, 7) is 3.28. The maximum absolute atomic E-state index is 9.70. The van der Waals surface area contributed by atoms with E-state index in [0.29, 0.717) is 0 Å².